The first-order valence-corrected chi connectivity index (χ1v) is 6.35. The molecule has 2 rings (SSSR count). The summed E-state index contributed by atoms with van der Waals surface area (Å²) in [6.45, 7) is 0.922. The number of carbonyl (C=O) groups excluding carboxylic acids is 1. The smallest absolute Gasteiger partial charge is 0.234 e. The number of carbonyl (C=O) groups is 1. The molecule has 0 aliphatic carbocycles. The lowest BCUT2D eigenvalue weighted by atomic mass is 9.98. The highest BCUT2D eigenvalue weighted by Gasteiger charge is 2.40. The van der Waals surface area contributed by atoms with Gasteiger partial charge in [0.25, 0.3) is 0 Å². The van der Waals surface area contributed by atoms with Gasteiger partial charge >= 0.3 is 0 Å². The van der Waals surface area contributed by atoms with Crippen LogP contribution < -0.4 is 11.1 Å². The summed E-state index contributed by atoms with van der Waals surface area (Å²) in [5.41, 5.74) is 5.98. The van der Waals surface area contributed by atoms with Gasteiger partial charge in [0.15, 0.2) is 0 Å². The highest BCUT2D eigenvalue weighted by molar-refractivity contribution is 5.78. The lowest BCUT2D eigenvalue weighted by Gasteiger charge is -2.37. The third-order valence-corrected chi connectivity index (χ3v) is 3.81. The Hall–Kier alpha value is -1.12. The fourth-order valence-electron chi connectivity index (χ4n) is 3.05. The average molecular weight is 236 g/mol. The van der Waals surface area contributed by atoms with Gasteiger partial charge in [-0.05, 0) is 25.7 Å². The van der Waals surface area contributed by atoms with Crippen LogP contribution in [-0.2, 0) is 4.79 Å². The van der Waals surface area contributed by atoms with Crippen LogP contribution in [0.1, 0.15) is 32.1 Å². The molecule has 0 aromatic rings. The van der Waals surface area contributed by atoms with Crippen molar-refractivity contribution in [2.45, 2.75) is 50.2 Å². The van der Waals surface area contributed by atoms with E-state index < -0.39 is 0 Å². The van der Waals surface area contributed by atoms with Crippen LogP contribution in [0.5, 0.6) is 0 Å². The van der Waals surface area contributed by atoms with E-state index in [-0.39, 0.29) is 5.91 Å². The van der Waals surface area contributed by atoms with Gasteiger partial charge in [-0.2, -0.15) is 5.26 Å². The molecule has 0 aromatic heterocycles. The Morgan fingerprint density at radius 1 is 1.41 bits per heavy atom. The van der Waals surface area contributed by atoms with Crippen molar-refractivity contribution >= 4 is 5.91 Å². The molecule has 1 amide bonds. The van der Waals surface area contributed by atoms with Gasteiger partial charge in [0.05, 0.1) is 19.0 Å². The molecule has 0 aromatic carbocycles. The van der Waals surface area contributed by atoms with Crippen LogP contribution >= 0.6 is 0 Å². The molecule has 2 unspecified atom stereocenters. The van der Waals surface area contributed by atoms with E-state index >= 15 is 0 Å². The van der Waals surface area contributed by atoms with Gasteiger partial charge in [-0.3, -0.25) is 9.69 Å². The molecule has 0 spiro atoms. The highest BCUT2D eigenvalue weighted by atomic mass is 16.2. The second-order valence-corrected chi connectivity index (χ2v) is 5.05. The maximum absolute atomic E-state index is 11.7. The lowest BCUT2D eigenvalue weighted by Crippen LogP contribution is -2.50. The average Bonchev–Trinajstić information content (AvgIpc) is 2.53. The molecule has 2 aliphatic heterocycles. The van der Waals surface area contributed by atoms with Crippen LogP contribution in [-0.4, -0.2) is 42.0 Å². The van der Waals surface area contributed by atoms with Gasteiger partial charge in [-0.25, -0.2) is 0 Å². The summed E-state index contributed by atoms with van der Waals surface area (Å²) in [5, 5.41) is 11.2. The highest BCUT2D eigenvalue weighted by Crippen LogP contribution is 2.34. The second kappa shape index (κ2) is 5.48. The second-order valence-electron chi connectivity index (χ2n) is 5.05. The Morgan fingerprint density at radius 3 is 2.65 bits per heavy atom. The third kappa shape index (κ3) is 2.96. The summed E-state index contributed by atoms with van der Waals surface area (Å²) in [6.07, 6.45) is 4.75. The van der Waals surface area contributed by atoms with E-state index in [0.717, 1.165) is 12.8 Å². The number of hydrogen-bond acceptors (Lipinski definition) is 4. The number of nitrogens with zero attached hydrogens (tertiary/aromatic N) is 2. The van der Waals surface area contributed by atoms with E-state index in [4.69, 9.17) is 11.0 Å². The molecule has 5 nitrogen and oxygen atoms in total. The standard InChI is InChI=1S/C12H20N4O/c13-4-1-5-15-12(17)8-16-10-2-3-11(16)7-9(14)6-10/h9-11H,1-3,5-8,14H2,(H,15,17). The summed E-state index contributed by atoms with van der Waals surface area (Å²) in [7, 11) is 0. The fraction of sp³-hybridized carbons (Fsp3) is 0.833. The molecule has 2 saturated heterocycles. The lowest BCUT2D eigenvalue weighted by molar-refractivity contribution is -0.123. The van der Waals surface area contributed by atoms with Crippen LogP contribution in [0.3, 0.4) is 0 Å². The molecular formula is C12H20N4O. The van der Waals surface area contributed by atoms with Crippen molar-refractivity contribution in [3.63, 3.8) is 0 Å². The van der Waals surface area contributed by atoms with Crippen molar-refractivity contribution < 1.29 is 4.79 Å². The van der Waals surface area contributed by atoms with Crippen LogP contribution in [0.2, 0.25) is 0 Å². The zero-order valence-electron chi connectivity index (χ0n) is 10.1. The van der Waals surface area contributed by atoms with E-state index in [2.05, 4.69) is 10.2 Å². The van der Waals surface area contributed by atoms with Crippen molar-refractivity contribution in [3.8, 4) is 6.07 Å². The maximum Gasteiger partial charge on any atom is 0.234 e. The largest absolute Gasteiger partial charge is 0.354 e. The van der Waals surface area contributed by atoms with Crippen molar-refractivity contribution in [1.29, 1.82) is 5.26 Å². The summed E-state index contributed by atoms with van der Waals surface area (Å²) in [4.78, 5) is 14.0. The predicted molar refractivity (Wildman–Crippen MR) is 64.0 cm³/mol. The predicted octanol–water partition coefficient (Wildman–Crippen LogP) is -0.0296. The van der Waals surface area contributed by atoms with Gasteiger partial charge in [-0.15, -0.1) is 0 Å². The molecule has 3 N–H and O–H groups in total. The van der Waals surface area contributed by atoms with E-state index in [1.165, 1.54) is 12.8 Å². The summed E-state index contributed by atoms with van der Waals surface area (Å²) in [5.74, 6) is 0.0348. The monoisotopic (exact) mass is 236 g/mol. The van der Waals surface area contributed by atoms with Crippen LogP contribution in [0.25, 0.3) is 0 Å². The third-order valence-electron chi connectivity index (χ3n) is 3.81. The van der Waals surface area contributed by atoms with E-state index in [1.807, 2.05) is 6.07 Å². The zero-order valence-corrected chi connectivity index (χ0v) is 10.1. The quantitative estimate of drug-likeness (QED) is 0.672. The molecule has 2 fully saturated rings. The zero-order chi connectivity index (χ0) is 12.3. The molecule has 0 saturated carbocycles. The summed E-state index contributed by atoms with van der Waals surface area (Å²) < 4.78 is 0. The SMILES string of the molecule is N#CCCNC(=O)CN1C2CCC1CC(N)C2. The van der Waals surface area contributed by atoms with Crippen LogP contribution in [0.15, 0.2) is 0 Å². The first-order chi connectivity index (χ1) is 8.20. The molecule has 17 heavy (non-hydrogen) atoms. The van der Waals surface area contributed by atoms with Gasteiger partial charge in [0, 0.05) is 24.7 Å². The summed E-state index contributed by atoms with van der Waals surface area (Å²) in [6, 6.07) is 3.31. The van der Waals surface area contributed by atoms with Crippen molar-refractivity contribution in [3.05, 3.63) is 0 Å². The number of amides is 1. The van der Waals surface area contributed by atoms with Crippen molar-refractivity contribution in [1.82, 2.24) is 10.2 Å². The maximum atomic E-state index is 11.7. The fourth-order valence-corrected chi connectivity index (χ4v) is 3.05. The minimum atomic E-state index is 0.0348. The Labute approximate surface area is 102 Å². The van der Waals surface area contributed by atoms with Crippen LogP contribution in [0, 0.1) is 11.3 Å². The van der Waals surface area contributed by atoms with Gasteiger partial charge in [0.2, 0.25) is 5.91 Å². The van der Waals surface area contributed by atoms with Crippen LogP contribution in [0.4, 0.5) is 0 Å². The molecule has 2 bridgehead atoms. The number of nitrogens with two attached hydrogens (primary N) is 1. The molecule has 5 heteroatoms. The Morgan fingerprint density at radius 2 is 2.06 bits per heavy atom. The Kier molecular flexibility index (Phi) is 3.97. The Balaban J connectivity index is 1.80. The molecule has 2 aliphatic rings. The minimum Gasteiger partial charge on any atom is -0.354 e. The first kappa shape index (κ1) is 12.3. The number of hydrogen-bond donors (Lipinski definition) is 2. The topological polar surface area (TPSA) is 82.2 Å². The number of rotatable bonds is 4. The van der Waals surface area contributed by atoms with E-state index in [9.17, 15) is 4.79 Å². The molecule has 2 heterocycles. The van der Waals surface area contributed by atoms with E-state index in [0.29, 0.717) is 37.6 Å². The summed E-state index contributed by atoms with van der Waals surface area (Å²) >= 11 is 0. The normalized spacial score (nSPS) is 32.1. The van der Waals surface area contributed by atoms with Crippen molar-refractivity contribution in [2.24, 2.45) is 5.73 Å². The number of fused-ring (bicyclic) bond motifs is 2. The number of nitriles is 1. The molecule has 94 valence electrons. The number of nitrogens with one attached hydrogen (secondary N) is 1. The van der Waals surface area contributed by atoms with Gasteiger partial charge in [-0.1, -0.05) is 0 Å². The van der Waals surface area contributed by atoms with E-state index in [1.54, 1.807) is 0 Å². The minimum absolute atomic E-state index is 0.0348. The first-order valence-electron chi connectivity index (χ1n) is 6.35. The number of piperidine rings is 1. The van der Waals surface area contributed by atoms with Crippen molar-refractivity contribution in [2.75, 3.05) is 13.1 Å². The molecular weight excluding hydrogens is 216 g/mol. The molecule has 2 atom stereocenters. The van der Waals surface area contributed by atoms with Gasteiger partial charge < -0.3 is 11.1 Å². The molecule has 0 radical (unpaired) electrons. The Bertz CT molecular complexity index is 311. The van der Waals surface area contributed by atoms with Gasteiger partial charge in [0.1, 0.15) is 0 Å².